The molecule has 0 spiro atoms. The number of fused-ring (bicyclic) bond motifs is 1. The Morgan fingerprint density at radius 3 is 2.55 bits per heavy atom. The van der Waals surface area contributed by atoms with E-state index >= 15 is 0 Å². The van der Waals surface area contributed by atoms with Crippen molar-refractivity contribution in [3.05, 3.63) is 65.9 Å². The molecule has 0 atom stereocenters. The largest absolute Gasteiger partial charge is 0.353 e. The molecule has 0 radical (unpaired) electrons. The lowest BCUT2D eigenvalue weighted by Gasteiger charge is -2.32. The van der Waals surface area contributed by atoms with Gasteiger partial charge in [-0.25, -0.2) is 4.68 Å². The summed E-state index contributed by atoms with van der Waals surface area (Å²) >= 11 is 3.29. The molecule has 33 heavy (non-hydrogen) atoms. The van der Waals surface area contributed by atoms with Crippen molar-refractivity contribution in [3.63, 3.8) is 0 Å². The molecule has 1 aliphatic heterocycles. The molecule has 0 aliphatic carbocycles. The summed E-state index contributed by atoms with van der Waals surface area (Å²) in [6.07, 6.45) is 1.86. The highest BCUT2D eigenvalue weighted by molar-refractivity contribution is 8.00. The molecule has 170 valence electrons. The van der Waals surface area contributed by atoms with Gasteiger partial charge in [0, 0.05) is 24.0 Å². The highest BCUT2D eigenvalue weighted by atomic mass is 32.2. The maximum absolute atomic E-state index is 12.4. The lowest BCUT2D eigenvalue weighted by atomic mass is 10.1. The van der Waals surface area contributed by atoms with Gasteiger partial charge >= 0.3 is 0 Å². The van der Waals surface area contributed by atoms with Gasteiger partial charge in [0.25, 0.3) is 0 Å². The van der Waals surface area contributed by atoms with Gasteiger partial charge in [0.05, 0.1) is 21.8 Å². The number of piperidine rings is 1. The molecule has 1 N–H and O–H groups in total. The normalized spacial score (nSPS) is 14.7. The second-order valence-corrected chi connectivity index (χ2v) is 10.4. The van der Waals surface area contributed by atoms with E-state index in [2.05, 4.69) is 41.4 Å². The first-order chi connectivity index (χ1) is 16.1. The number of nitrogens with zero attached hydrogens (tertiary/aromatic N) is 4. The van der Waals surface area contributed by atoms with Gasteiger partial charge in [0.1, 0.15) is 0 Å². The van der Waals surface area contributed by atoms with Crippen LogP contribution in [0.4, 0.5) is 5.13 Å². The van der Waals surface area contributed by atoms with Crippen molar-refractivity contribution in [1.29, 1.82) is 0 Å². The van der Waals surface area contributed by atoms with Crippen LogP contribution in [0.15, 0.2) is 59.5 Å². The summed E-state index contributed by atoms with van der Waals surface area (Å²) in [5.74, 6) is 0.563. The maximum Gasteiger partial charge on any atom is 0.230 e. The predicted molar refractivity (Wildman–Crippen MR) is 137 cm³/mol. The van der Waals surface area contributed by atoms with Crippen LogP contribution in [0.1, 0.15) is 24.1 Å². The Bertz CT molecular complexity index is 1240. The smallest absolute Gasteiger partial charge is 0.230 e. The fraction of sp³-hybridized carbons (Fsp3) is 0.320. The number of hydrogen-bond donors (Lipinski definition) is 1. The third-order valence-electron chi connectivity index (χ3n) is 5.90. The molecule has 0 bridgehead atoms. The number of anilines is 1. The molecule has 3 heterocycles. The van der Waals surface area contributed by atoms with Gasteiger partial charge in [-0.15, -0.1) is 11.8 Å². The second-order valence-electron chi connectivity index (χ2n) is 8.41. The molecule has 8 heteroatoms. The Morgan fingerprint density at radius 2 is 1.82 bits per heavy atom. The number of thioether (sulfide) groups is 1. The number of carbonyl (C=O) groups excluding carboxylic acids is 1. The number of amides is 1. The summed E-state index contributed by atoms with van der Waals surface area (Å²) in [5.41, 5.74) is 4.19. The van der Waals surface area contributed by atoms with E-state index in [1.54, 1.807) is 23.1 Å². The molecule has 0 saturated carbocycles. The Kier molecular flexibility index (Phi) is 6.37. The van der Waals surface area contributed by atoms with Crippen LogP contribution in [0, 0.1) is 13.8 Å². The Balaban J connectivity index is 1.20. The Hall–Kier alpha value is -2.84. The standard InChI is InChI=1S/C25H27N5OS2/c1-17-8-10-20(11-9-17)30-24-23(18(2)28-30)33-25(27-24)29-14-12-19(13-15-29)26-22(31)16-32-21-6-4-3-5-7-21/h3-11,19H,12-16H2,1-2H3,(H,26,31). The van der Waals surface area contributed by atoms with Crippen LogP contribution in [-0.2, 0) is 4.79 Å². The van der Waals surface area contributed by atoms with Crippen LogP contribution >= 0.6 is 23.1 Å². The van der Waals surface area contributed by atoms with Crippen molar-refractivity contribution >= 4 is 44.5 Å². The highest BCUT2D eigenvalue weighted by Crippen LogP contribution is 2.33. The first kappa shape index (κ1) is 22.0. The third-order valence-corrected chi connectivity index (χ3v) is 8.13. The zero-order valence-electron chi connectivity index (χ0n) is 18.8. The number of benzene rings is 2. The van der Waals surface area contributed by atoms with E-state index in [1.807, 2.05) is 41.9 Å². The van der Waals surface area contributed by atoms with Crippen LogP contribution in [0.3, 0.4) is 0 Å². The molecule has 2 aromatic carbocycles. The quantitative estimate of drug-likeness (QED) is 0.397. The number of nitrogens with one attached hydrogen (secondary N) is 1. The van der Waals surface area contributed by atoms with E-state index in [9.17, 15) is 4.79 Å². The molecule has 1 fully saturated rings. The number of thiazole rings is 1. The molecule has 1 amide bonds. The van der Waals surface area contributed by atoms with E-state index in [-0.39, 0.29) is 11.9 Å². The number of rotatable bonds is 6. The molecule has 1 saturated heterocycles. The molecule has 0 unspecified atom stereocenters. The Morgan fingerprint density at radius 1 is 1.09 bits per heavy atom. The van der Waals surface area contributed by atoms with Crippen LogP contribution in [0.2, 0.25) is 0 Å². The van der Waals surface area contributed by atoms with E-state index in [1.165, 1.54) is 5.56 Å². The van der Waals surface area contributed by atoms with E-state index in [4.69, 9.17) is 10.1 Å². The van der Waals surface area contributed by atoms with E-state index < -0.39 is 0 Å². The van der Waals surface area contributed by atoms with E-state index in [0.29, 0.717) is 5.75 Å². The first-order valence-electron chi connectivity index (χ1n) is 11.2. The van der Waals surface area contributed by atoms with Crippen LogP contribution in [-0.4, -0.2) is 45.6 Å². The van der Waals surface area contributed by atoms with Gasteiger partial charge in [-0.05, 0) is 51.0 Å². The second kappa shape index (κ2) is 9.57. The number of carbonyl (C=O) groups is 1. The predicted octanol–water partition coefficient (Wildman–Crippen LogP) is 4.98. The van der Waals surface area contributed by atoms with Crippen LogP contribution in [0.5, 0.6) is 0 Å². The number of hydrogen-bond acceptors (Lipinski definition) is 6. The maximum atomic E-state index is 12.4. The van der Waals surface area contributed by atoms with Crippen molar-refractivity contribution in [3.8, 4) is 5.69 Å². The van der Waals surface area contributed by atoms with Crippen molar-refractivity contribution in [2.24, 2.45) is 0 Å². The first-order valence-corrected chi connectivity index (χ1v) is 13.0. The molecule has 1 aliphatic rings. The monoisotopic (exact) mass is 477 g/mol. The third kappa shape index (κ3) is 4.91. The van der Waals surface area contributed by atoms with Crippen LogP contribution < -0.4 is 10.2 Å². The minimum absolute atomic E-state index is 0.108. The lowest BCUT2D eigenvalue weighted by Crippen LogP contribution is -2.45. The minimum atomic E-state index is 0.108. The van der Waals surface area contributed by atoms with Gasteiger partial charge in [-0.1, -0.05) is 47.2 Å². The fourth-order valence-electron chi connectivity index (χ4n) is 4.07. The zero-order valence-corrected chi connectivity index (χ0v) is 20.5. The molecule has 6 nitrogen and oxygen atoms in total. The molecular weight excluding hydrogens is 450 g/mol. The SMILES string of the molecule is Cc1ccc(-n2nc(C)c3sc(N4CCC(NC(=O)CSc5ccccc5)CC4)nc32)cc1. The summed E-state index contributed by atoms with van der Waals surface area (Å²) in [6, 6.07) is 18.7. The van der Waals surface area contributed by atoms with Crippen LogP contribution in [0.25, 0.3) is 16.0 Å². The average molecular weight is 478 g/mol. The summed E-state index contributed by atoms with van der Waals surface area (Å²) < 4.78 is 3.08. The van der Waals surface area contributed by atoms with Crippen molar-refractivity contribution < 1.29 is 4.79 Å². The Labute approximate surface area is 202 Å². The summed E-state index contributed by atoms with van der Waals surface area (Å²) in [5, 5.41) is 8.96. The molecular formula is C25H27N5OS2. The van der Waals surface area contributed by atoms with Gasteiger partial charge in [-0.3, -0.25) is 4.79 Å². The zero-order chi connectivity index (χ0) is 22.8. The van der Waals surface area contributed by atoms with Gasteiger partial charge in [-0.2, -0.15) is 10.1 Å². The average Bonchev–Trinajstić information content (AvgIpc) is 3.40. The number of aryl methyl sites for hydroxylation is 2. The van der Waals surface area contributed by atoms with Crippen molar-refractivity contribution in [1.82, 2.24) is 20.1 Å². The minimum Gasteiger partial charge on any atom is -0.353 e. The highest BCUT2D eigenvalue weighted by Gasteiger charge is 2.24. The lowest BCUT2D eigenvalue weighted by molar-refractivity contribution is -0.119. The summed E-state index contributed by atoms with van der Waals surface area (Å²) in [4.78, 5) is 20.8. The van der Waals surface area contributed by atoms with Crippen molar-refractivity contribution in [2.45, 2.75) is 37.6 Å². The van der Waals surface area contributed by atoms with Crippen molar-refractivity contribution in [2.75, 3.05) is 23.7 Å². The summed E-state index contributed by atoms with van der Waals surface area (Å²) in [6.45, 7) is 5.92. The number of aromatic nitrogens is 3. The van der Waals surface area contributed by atoms with Gasteiger partial charge in [0.15, 0.2) is 10.8 Å². The fourth-order valence-corrected chi connectivity index (χ4v) is 5.84. The molecule has 4 aromatic rings. The molecule has 5 rings (SSSR count). The van der Waals surface area contributed by atoms with Gasteiger partial charge < -0.3 is 10.2 Å². The topological polar surface area (TPSA) is 63.1 Å². The van der Waals surface area contributed by atoms with E-state index in [0.717, 1.165) is 57.7 Å². The van der Waals surface area contributed by atoms with Gasteiger partial charge in [0.2, 0.25) is 5.91 Å². The molecule has 2 aromatic heterocycles. The summed E-state index contributed by atoms with van der Waals surface area (Å²) in [7, 11) is 0.